The molecule has 0 saturated heterocycles. The number of aryl methyl sites for hydroxylation is 1. The Bertz CT molecular complexity index is 643. The van der Waals surface area contributed by atoms with Crippen LogP contribution in [0.4, 0.5) is 5.69 Å². The number of rotatable bonds is 0. The van der Waals surface area contributed by atoms with Crippen molar-refractivity contribution in [1.82, 2.24) is 0 Å². The van der Waals surface area contributed by atoms with Crippen LogP contribution in [0.15, 0.2) is 12.1 Å². The lowest BCUT2D eigenvalue weighted by Gasteiger charge is -2.38. The summed E-state index contributed by atoms with van der Waals surface area (Å²) >= 11 is 0. The Hall–Kier alpha value is -1.77. The first kappa shape index (κ1) is 12.9. The van der Waals surface area contributed by atoms with E-state index < -0.39 is 0 Å². The number of carbonyl (C=O) groups is 1. The predicted molar refractivity (Wildman–Crippen MR) is 84.1 cm³/mol. The summed E-state index contributed by atoms with van der Waals surface area (Å²) in [5, 5.41) is 0. The quantitative estimate of drug-likeness (QED) is 0.732. The number of allylic oxidation sites excluding steroid dienone is 2. The number of hydrogen-bond donors (Lipinski definition) is 0. The van der Waals surface area contributed by atoms with Crippen molar-refractivity contribution in [2.45, 2.75) is 39.0 Å². The number of fused-ring (bicyclic) bond motifs is 2. The van der Waals surface area contributed by atoms with E-state index in [1.165, 1.54) is 42.7 Å². The summed E-state index contributed by atoms with van der Waals surface area (Å²) in [6, 6.07) is 2.27. The maximum absolute atomic E-state index is 11.8. The van der Waals surface area contributed by atoms with Crippen molar-refractivity contribution in [3.05, 3.63) is 28.8 Å². The summed E-state index contributed by atoms with van der Waals surface area (Å²) in [5.74, 6) is 1.22. The molecule has 0 amide bonds. The van der Waals surface area contributed by atoms with Gasteiger partial charge in [0, 0.05) is 36.3 Å². The summed E-state index contributed by atoms with van der Waals surface area (Å²) in [6.07, 6.45) is 6.96. The second kappa shape index (κ2) is 4.90. The summed E-state index contributed by atoms with van der Waals surface area (Å²) in [7, 11) is 0. The van der Waals surface area contributed by atoms with Gasteiger partial charge in [-0.3, -0.25) is 4.79 Å². The third-order valence-electron chi connectivity index (χ3n) is 4.87. The molecule has 3 aliphatic heterocycles. The molecule has 0 unspecified atom stereocenters. The van der Waals surface area contributed by atoms with E-state index >= 15 is 0 Å². The van der Waals surface area contributed by atoms with Gasteiger partial charge in [0.15, 0.2) is 5.78 Å². The lowest BCUT2D eigenvalue weighted by molar-refractivity contribution is -0.115. The number of ether oxygens (including phenoxy) is 1. The molecule has 0 radical (unpaired) electrons. The molecule has 3 nitrogen and oxygen atoms in total. The molecule has 0 bridgehead atoms. The second-order valence-electron chi connectivity index (χ2n) is 6.33. The molecular weight excluding hydrogens is 262 g/mol. The molecule has 0 fully saturated rings. The van der Waals surface area contributed by atoms with E-state index in [4.69, 9.17) is 4.74 Å². The molecule has 3 heteroatoms. The smallest absolute Gasteiger partial charge is 0.159 e. The summed E-state index contributed by atoms with van der Waals surface area (Å²) < 4.78 is 6.05. The topological polar surface area (TPSA) is 29.5 Å². The molecule has 4 rings (SSSR count). The molecule has 3 aliphatic rings. The molecule has 3 heterocycles. The Morgan fingerprint density at radius 3 is 2.81 bits per heavy atom. The van der Waals surface area contributed by atoms with Crippen molar-refractivity contribution >= 4 is 17.0 Å². The highest BCUT2D eigenvalue weighted by atomic mass is 16.5. The first-order valence-electron chi connectivity index (χ1n) is 8.02. The maximum atomic E-state index is 11.8. The largest absolute Gasteiger partial charge is 0.492 e. The van der Waals surface area contributed by atoms with Crippen LogP contribution in [0.1, 0.15) is 42.9 Å². The van der Waals surface area contributed by atoms with Crippen LogP contribution in [-0.2, 0) is 17.6 Å². The van der Waals surface area contributed by atoms with Gasteiger partial charge in [-0.15, -0.1) is 0 Å². The number of nitrogens with zero attached hydrogens (tertiary/aromatic N) is 1. The average molecular weight is 283 g/mol. The van der Waals surface area contributed by atoms with Gasteiger partial charge in [-0.25, -0.2) is 0 Å². The van der Waals surface area contributed by atoms with Crippen LogP contribution in [0, 0.1) is 0 Å². The molecule has 110 valence electrons. The summed E-state index contributed by atoms with van der Waals surface area (Å²) in [6.45, 7) is 4.88. The zero-order valence-corrected chi connectivity index (χ0v) is 12.6. The first-order valence-corrected chi connectivity index (χ1v) is 8.02. The van der Waals surface area contributed by atoms with Gasteiger partial charge < -0.3 is 9.64 Å². The Morgan fingerprint density at radius 2 is 1.95 bits per heavy atom. The minimum atomic E-state index is 0.172. The van der Waals surface area contributed by atoms with Gasteiger partial charge in [0.05, 0.1) is 6.61 Å². The Kier molecular flexibility index (Phi) is 3.02. The highest BCUT2D eigenvalue weighted by molar-refractivity contribution is 5.98. The van der Waals surface area contributed by atoms with Crippen LogP contribution in [0.3, 0.4) is 0 Å². The number of carbonyl (C=O) groups excluding carboxylic acids is 1. The van der Waals surface area contributed by atoms with Gasteiger partial charge in [0.1, 0.15) is 5.75 Å². The van der Waals surface area contributed by atoms with E-state index in [0.29, 0.717) is 13.0 Å². The standard InChI is InChI=1S/C18H21NO2/c1-12-10-14(20)6-9-21-18-15-5-3-8-19-7-2-4-13(17(15)19)11-16(12)18/h10-11H,2-9H2,1H3. The molecule has 1 aromatic rings. The van der Waals surface area contributed by atoms with E-state index in [2.05, 4.69) is 11.0 Å². The minimum absolute atomic E-state index is 0.172. The minimum Gasteiger partial charge on any atom is -0.492 e. The highest BCUT2D eigenvalue weighted by Gasteiger charge is 2.29. The molecule has 0 aromatic heterocycles. The average Bonchev–Trinajstić information content (AvgIpc) is 2.48. The number of anilines is 1. The zero-order valence-electron chi connectivity index (χ0n) is 12.6. The Labute approximate surface area is 125 Å². The molecule has 21 heavy (non-hydrogen) atoms. The third-order valence-corrected chi connectivity index (χ3v) is 4.87. The molecule has 0 atom stereocenters. The van der Waals surface area contributed by atoms with Crippen molar-refractivity contribution < 1.29 is 9.53 Å². The third kappa shape index (κ3) is 2.06. The van der Waals surface area contributed by atoms with Crippen LogP contribution in [0.2, 0.25) is 0 Å². The SMILES string of the molecule is CC1=CC(=O)CCOc2c1cc1c3c2CCCN3CCC1. The van der Waals surface area contributed by atoms with E-state index in [1.54, 1.807) is 6.08 Å². The normalized spacial score (nSPS) is 20.7. The van der Waals surface area contributed by atoms with Crippen LogP contribution >= 0.6 is 0 Å². The monoisotopic (exact) mass is 283 g/mol. The van der Waals surface area contributed by atoms with Gasteiger partial charge in [-0.05, 0) is 55.9 Å². The molecule has 0 spiro atoms. The summed E-state index contributed by atoms with van der Waals surface area (Å²) in [5.41, 5.74) is 6.46. The van der Waals surface area contributed by atoms with Gasteiger partial charge in [0.2, 0.25) is 0 Å². The fourth-order valence-electron chi connectivity index (χ4n) is 3.93. The van der Waals surface area contributed by atoms with E-state index in [1.807, 2.05) is 6.92 Å². The van der Waals surface area contributed by atoms with Crippen LogP contribution in [0.25, 0.3) is 5.57 Å². The predicted octanol–water partition coefficient (Wildman–Crippen LogP) is 3.14. The second-order valence-corrected chi connectivity index (χ2v) is 6.33. The van der Waals surface area contributed by atoms with Crippen molar-refractivity contribution in [3.8, 4) is 5.75 Å². The van der Waals surface area contributed by atoms with Gasteiger partial charge in [-0.2, -0.15) is 0 Å². The molecule has 0 saturated carbocycles. The summed E-state index contributed by atoms with van der Waals surface area (Å²) in [4.78, 5) is 14.3. The van der Waals surface area contributed by atoms with Gasteiger partial charge in [0.25, 0.3) is 0 Å². The fourth-order valence-corrected chi connectivity index (χ4v) is 3.93. The number of benzene rings is 1. The van der Waals surface area contributed by atoms with Crippen molar-refractivity contribution in [1.29, 1.82) is 0 Å². The van der Waals surface area contributed by atoms with Crippen LogP contribution < -0.4 is 9.64 Å². The first-order chi connectivity index (χ1) is 10.2. The lowest BCUT2D eigenvalue weighted by Crippen LogP contribution is -2.35. The molecular formula is C18H21NO2. The molecule has 0 N–H and O–H groups in total. The number of hydrogen-bond acceptors (Lipinski definition) is 3. The zero-order chi connectivity index (χ0) is 14.4. The van der Waals surface area contributed by atoms with Crippen LogP contribution in [-0.4, -0.2) is 25.5 Å². The van der Waals surface area contributed by atoms with Crippen LogP contribution in [0.5, 0.6) is 5.75 Å². The Balaban J connectivity index is 1.95. The molecule has 0 aliphatic carbocycles. The molecule has 1 aromatic carbocycles. The van der Waals surface area contributed by atoms with E-state index in [-0.39, 0.29) is 5.78 Å². The van der Waals surface area contributed by atoms with Crippen molar-refractivity contribution in [3.63, 3.8) is 0 Å². The maximum Gasteiger partial charge on any atom is 0.159 e. The van der Waals surface area contributed by atoms with E-state index in [9.17, 15) is 4.79 Å². The fraction of sp³-hybridized carbons (Fsp3) is 0.500. The van der Waals surface area contributed by atoms with Crippen molar-refractivity contribution in [2.24, 2.45) is 0 Å². The number of ketones is 1. The van der Waals surface area contributed by atoms with Gasteiger partial charge in [-0.1, -0.05) is 0 Å². The van der Waals surface area contributed by atoms with Gasteiger partial charge >= 0.3 is 0 Å². The van der Waals surface area contributed by atoms with E-state index in [0.717, 1.165) is 29.7 Å². The highest BCUT2D eigenvalue weighted by Crippen LogP contribution is 2.44. The Morgan fingerprint density at radius 1 is 1.14 bits per heavy atom. The van der Waals surface area contributed by atoms with Crippen molar-refractivity contribution in [2.75, 3.05) is 24.6 Å². The lowest BCUT2D eigenvalue weighted by atomic mass is 9.87.